The number of rotatable bonds is 8. The molecule has 3 aromatic rings. The highest BCUT2D eigenvalue weighted by molar-refractivity contribution is 6.12. The maximum absolute atomic E-state index is 13.6. The third-order valence-electron chi connectivity index (χ3n) is 6.84. The Labute approximate surface area is 210 Å². The minimum absolute atomic E-state index is 0.0477. The number of carbonyl (C=O) groups excluding carboxylic acids is 3. The fraction of sp³-hybridized carbons (Fsp3) is 0.370. The van der Waals surface area contributed by atoms with E-state index in [-0.39, 0.29) is 36.5 Å². The van der Waals surface area contributed by atoms with Gasteiger partial charge in [-0.3, -0.25) is 28.9 Å². The Morgan fingerprint density at radius 2 is 1.97 bits per heavy atom. The largest absolute Gasteiger partial charge is 0.384 e. The van der Waals surface area contributed by atoms with Crippen molar-refractivity contribution in [3.05, 3.63) is 71.5 Å². The van der Waals surface area contributed by atoms with E-state index in [2.05, 4.69) is 16.1 Å². The Balaban J connectivity index is 1.60. The molecule has 0 saturated carbocycles. The van der Waals surface area contributed by atoms with E-state index in [0.29, 0.717) is 11.6 Å². The van der Waals surface area contributed by atoms with E-state index in [0.717, 1.165) is 28.0 Å². The van der Waals surface area contributed by atoms with E-state index in [1.165, 1.54) is 4.90 Å². The summed E-state index contributed by atoms with van der Waals surface area (Å²) in [6.45, 7) is 4.03. The van der Waals surface area contributed by atoms with E-state index >= 15 is 0 Å². The number of likely N-dealkylation sites (N-methyl/N-ethyl adjacent to an activating group) is 1. The highest BCUT2D eigenvalue weighted by Gasteiger charge is 2.55. The lowest BCUT2D eigenvalue weighted by molar-refractivity contribution is -0.170. The van der Waals surface area contributed by atoms with Gasteiger partial charge >= 0.3 is 0 Å². The highest BCUT2D eigenvalue weighted by atomic mass is 16.2. The zero-order valence-corrected chi connectivity index (χ0v) is 21.1. The molecule has 9 heteroatoms. The molecule has 3 amide bonds. The molecule has 0 radical (unpaired) electrons. The normalized spacial score (nSPS) is 18.0. The Morgan fingerprint density at radius 1 is 1.19 bits per heavy atom. The number of aromatic nitrogens is 3. The van der Waals surface area contributed by atoms with E-state index in [9.17, 15) is 14.4 Å². The predicted molar refractivity (Wildman–Crippen MR) is 137 cm³/mol. The van der Waals surface area contributed by atoms with E-state index < -0.39 is 12.0 Å². The summed E-state index contributed by atoms with van der Waals surface area (Å²) in [5.41, 5.74) is 8.77. The molecule has 1 fully saturated rings. The molecule has 0 bridgehead atoms. The van der Waals surface area contributed by atoms with Crippen LogP contribution in [0.2, 0.25) is 0 Å². The van der Waals surface area contributed by atoms with Gasteiger partial charge in [0.05, 0.1) is 5.92 Å². The molecule has 0 aliphatic carbocycles. The first-order valence-electron chi connectivity index (χ1n) is 12.1. The summed E-state index contributed by atoms with van der Waals surface area (Å²) < 4.78 is 1.60. The standard InChI is InChI=1S/C27H32N6O3/c1-5-19(20-8-6-7-17(2)13-20)16-24(34)33-25(27(36)32(4)23-10-12-31(3)30-23)21(26(33)35)14-18-9-11-29-22(28)15-18/h6-13,15,19,21,25H,5,14,16H2,1-4H3,(H2,28,29)/t19-,21+,25-/m0/s1. The third kappa shape index (κ3) is 5.00. The van der Waals surface area contributed by atoms with Crippen molar-refractivity contribution in [1.29, 1.82) is 0 Å². The second-order valence-electron chi connectivity index (χ2n) is 9.41. The molecule has 2 aromatic heterocycles. The quantitative estimate of drug-likeness (QED) is 0.488. The molecule has 188 valence electrons. The summed E-state index contributed by atoms with van der Waals surface area (Å²) in [6.07, 6.45) is 4.48. The Kier molecular flexibility index (Phi) is 7.19. The van der Waals surface area contributed by atoms with Crippen molar-refractivity contribution in [2.24, 2.45) is 13.0 Å². The van der Waals surface area contributed by atoms with E-state index in [4.69, 9.17) is 5.73 Å². The lowest BCUT2D eigenvalue weighted by Gasteiger charge is -2.46. The van der Waals surface area contributed by atoms with Crippen LogP contribution in [-0.2, 0) is 27.9 Å². The van der Waals surface area contributed by atoms with Gasteiger partial charge in [-0.1, -0.05) is 36.8 Å². The average Bonchev–Trinajstić information content (AvgIpc) is 3.29. The van der Waals surface area contributed by atoms with Crippen molar-refractivity contribution in [1.82, 2.24) is 19.7 Å². The maximum atomic E-state index is 13.6. The van der Waals surface area contributed by atoms with Crippen LogP contribution < -0.4 is 10.6 Å². The number of anilines is 2. The minimum atomic E-state index is -0.915. The van der Waals surface area contributed by atoms with Crippen molar-refractivity contribution in [2.45, 2.75) is 45.1 Å². The fourth-order valence-electron chi connectivity index (χ4n) is 4.81. The lowest BCUT2D eigenvalue weighted by atomic mass is 9.80. The number of imide groups is 1. The van der Waals surface area contributed by atoms with E-state index in [1.807, 2.05) is 32.0 Å². The minimum Gasteiger partial charge on any atom is -0.384 e. The van der Waals surface area contributed by atoms with Crippen molar-refractivity contribution >= 4 is 29.4 Å². The van der Waals surface area contributed by atoms with Crippen LogP contribution in [-0.4, -0.2) is 50.5 Å². The van der Waals surface area contributed by atoms with Crippen LogP contribution >= 0.6 is 0 Å². The van der Waals surface area contributed by atoms with Gasteiger partial charge in [0, 0.05) is 39.0 Å². The van der Waals surface area contributed by atoms with Crippen molar-refractivity contribution in [3.63, 3.8) is 0 Å². The highest BCUT2D eigenvalue weighted by Crippen LogP contribution is 2.35. The second-order valence-corrected chi connectivity index (χ2v) is 9.41. The molecule has 36 heavy (non-hydrogen) atoms. The molecular formula is C27H32N6O3. The molecular weight excluding hydrogens is 456 g/mol. The first-order valence-corrected chi connectivity index (χ1v) is 12.1. The topological polar surface area (TPSA) is 114 Å². The second kappa shape index (κ2) is 10.3. The third-order valence-corrected chi connectivity index (χ3v) is 6.84. The predicted octanol–water partition coefficient (Wildman–Crippen LogP) is 2.85. The number of nitrogen functional groups attached to an aromatic ring is 1. The van der Waals surface area contributed by atoms with Gasteiger partial charge in [0.15, 0.2) is 5.82 Å². The first kappa shape index (κ1) is 25.1. The van der Waals surface area contributed by atoms with Crippen molar-refractivity contribution in [3.8, 4) is 0 Å². The average molecular weight is 489 g/mol. The molecule has 3 heterocycles. The number of benzene rings is 1. The number of nitrogens with zero attached hydrogens (tertiary/aromatic N) is 5. The van der Waals surface area contributed by atoms with Gasteiger partial charge in [-0.15, -0.1) is 0 Å². The fourth-order valence-corrected chi connectivity index (χ4v) is 4.81. The monoisotopic (exact) mass is 488 g/mol. The first-order chi connectivity index (χ1) is 17.2. The van der Waals surface area contributed by atoms with Gasteiger partial charge in [0.1, 0.15) is 11.9 Å². The molecule has 2 N–H and O–H groups in total. The number of hydrogen-bond donors (Lipinski definition) is 1. The number of carbonyl (C=O) groups is 3. The lowest BCUT2D eigenvalue weighted by Crippen LogP contribution is -2.69. The van der Waals surface area contributed by atoms with Crippen LogP contribution in [0.4, 0.5) is 11.6 Å². The zero-order valence-electron chi connectivity index (χ0n) is 21.1. The van der Waals surface area contributed by atoms with Crippen LogP contribution in [0, 0.1) is 12.8 Å². The van der Waals surface area contributed by atoms with E-state index in [1.54, 1.807) is 49.4 Å². The Bertz CT molecular complexity index is 1290. The summed E-state index contributed by atoms with van der Waals surface area (Å²) in [4.78, 5) is 47.0. The molecule has 1 aliphatic rings. The number of likely N-dealkylation sites (tertiary alicyclic amines) is 1. The number of hydrogen-bond acceptors (Lipinski definition) is 6. The molecule has 0 spiro atoms. The van der Waals surface area contributed by atoms with Crippen molar-refractivity contribution < 1.29 is 14.4 Å². The van der Waals surface area contributed by atoms with Crippen LogP contribution in [0.15, 0.2) is 54.9 Å². The van der Waals surface area contributed by atoms with Gasteiger partial charge in [0.25, 0.3) is 5.91 Å². The van der Waals surface area contributed by atoms with Crippen LogP contribution in [0.25, 0.3) is 0 Å². The number of β-lactam (4-membered cyclic amide) rings is 1. The number of nitrogens with two attached hydrogens (primary N) is 1. The van der Waals surface area contributed by atoms with Crippen LogP contribution in [0.5, 0.6) is 0 Å². The molecule has 1 saturated heterocycles. The molecule has 9 nitrogen and oxygen atoms in total. The number of amides is 3. The maximum Gasteiger partial charge on any atom is 0.252 e. The van der Waals surface area contributed by atoms with Gasteiger partial charge in [0.2, 0.25) is 11.8 Å². The molecule has 4 rings (SSSR count). The number of aryl methyl sites for hydroxylation is 2. The van der Waals surface area contributed by atoms with Gasteiger partial charge in [-0.2, -0.15) is 5.10 Å². The molecule has 1 aliphatic heterocycles. The Morgan fingerprint density at radius 3 is 2.61 bits per heavy atom. The summed E-state index contributed by atoms with van der Waals surface area (Å²) in [7, 11) is 3.37. The van der Waals surface area contributed by atoms with Gasteiger partial charge < -0.3 is 5.73 Å². The summed E-state index contributed by atoms with van der Waals surface area (Å²) >= 11 is 0. The van der Waals surface area contributed by atoms with Gasteiger partial charge in [-0.05, 0) is 48.9 Å². The molecule has 1 aromatic carbocycles. The number of pyridine rings is 1. The molecule has 0 unspecified atom stereocenters. The SMILES string of the molecule is CC[C@@H](CC(=O)N1C(=O)[C@H](Cc2ccnc(N)c2)[C@H]1C(=O)N(C)c1ccn(C)n1)c1cccc(C)c1. The Hall–Kier alpha value is -4.01. The van der Waals surface area contributed by atoms with Crippen LogP contribution in [0.1, 0.15) is 42.4 Å². The smallest absolute Gasteiger partial charge is 0.252 e. The van der Waals surface area contributed by atoms with Crippen molar-refractivity contribution in [2.75, 3.05) is 17.7 Å². The van der Waals surface area contributed by atoms with Crippen LogP contribution in [0.3, 0.4) is 0 Å². The van der Waals surface area contributed by atoms with Gasteiger partial charge in [-0.25, -0.2) is 4.98 Å². The molecule has 3 atom stereocenters. The summed E-state index contributed by atoms with van der Waals surface area (Å²) in [5.74, 6) is -0.967. The zero-order chi connectivity index (χ0) is 26.0. The summed E-state index contributed by atoms with van der Waals surface area (Å²) in [6, 6.07) is 12.3. The summed E-state index contributed by atoms with van der Waals surface area (Å²) in [5, 5.41) is 4.30.